The molecule has 60 valence electrons. The van der Waals surface area contributed by atoms with E-state index in [1.165, 1.54) is 0 Å². The van der Waals surface area contributed by atoms with Gasteiger partial charge >= 0.3 is 5.97 Å². The minimum absolute atomic E-state index is 0.0393. The van der Waals surface area contributed by atoms with Crippen molar-refractivity contribution in [3.63, 3.8) is 0 Å². The molecule has 0 aliphatic heterocycles. The third-order valence-corrected chi connectivity index (χ3v) is 1.20. The number of hydrogen-bond donors (Lipinski definition) is 1. The highest BCUT2D eigenvalue weighted by molar-refractivity contribution is 5.72. The monoisotopic (exact) mass is 146 g/mol. The molecule has 3 heteroatoms. The zero-order valence-corrected chi connectivity index (χ0v) is 6.63. The summed E-state index contributed by atoms with van der Waals surface area (Å²) in [6, 6.07) is 0. The maximum atomic E-state index is 10.4. The van der Waals surface area contributed by atoms with Crippen LogP contribution in [0.25, 0.3) is 0 Å². The Balaban J connectivity index is 3.85. The molecular formula is C7H14O3. The quantitative estimate of drug-likeness (QED) is 0.646. The second-order valence-corrected chi connectivity index (χ2v) is 2.46. The van der Waals surface area contributed by atoms with Gasteiger partial charge in [-0.3, -0.25) is 0 Å². The van der Waals surface area contributed by atoms with E-state index in [1.54, 1.807) is 6.92 Å². The average Bonchev–Trinajstić information content (AvgIpc) is 1.81. The molecule has 10 heavy (non-hydrogen) atoms. The summed E-state index contributed by atoms with van der Waals surface area (Å²) in [6.45, 7) is 5.90. The molecule has 0 aliphatic carbocycles. The smallest absolute Gasteiger partial charge is 0.333 e. The molecular weight excluding hydrogens is 132 g/mol. The van der Waals surface area contributed by atoms with Gasteiger partial charge in [-0.15, -0.1) is 0 Å². The summed E-state index contributed by atoms with van der Waals surface area (Å²) < 4.78 is 4.97. The first-order chi connectivity index (χ1) is 4.59. The minimum Gasteiger partial charge on any atom is -0.479 e. The van der Waals surface area contributed by atoms with Crippen LogP contribution in [0.5, 0.6) is 0 Å². The molecule has 0 fully saturated rings. The molecule has 0 aromatic carbocycles. The zero-order valence-electron chi connectivity index (χ0n) is 6.63. The van der Waals surface area contributed by atoms with Crippen molar-refractivity contribution in [2.24, 2.45) is 5.92 Å². The van der Waals surface area contributed by atoms with E-state index in [1.807, 2.05) is 13.8 Å². The number of carboxylic acid groups (broad SMARTS) is 1. The van der Waals surface area contributed by atoms with Gasteiger partial charge in [0.1, 0.15) is 0 Å². The fourth-order valence-electron chi connectivity index (χ4n) is 0.728. The van der Waals surface area contributed by atoms with Crippen molar-refractivity contribution in [2.45, 2.75) is 26.9 Å². The van der Waals surface area contributed by atoms with Gasteiger partial charge in [-0.05, 0) is 12.8 Å². The van der Waals surface area contributed by atoms with Gasteiger partial charge < -0.3 is 9.84 Å². The van der Waals surface area contributed by atoms with E-state index in [0.29, 0.717) is 6.61 Å². The number of ether oxygens (including phenoxy) is 1. The molecule has 0 bridgehead atoms. The van der Waals surface area contributed by atoms with Crippen LogP contribution in [0.4, 0.5) is 0 Å². The van der Waals surface area contributed by atoms with Gasteiger partial charge in [0.15, 0.2) is 6.10 Å². The van der Waals surface area contributed by atoms with Crippen LogP contribution in [-0.2, 0) is 9.53 Å². The topological polar surface area (TPSA) is 46.5 Å². The van der Waals surface area contributed by atoms with Crippen LogP contribution in [0.15, 0.2) is 0 Å². The van der Waals surface area contributed by atoms with Crippen LogP contribution < -0.4 is 0 Å². The molecule has 0 spiro atoms. The van der Waals surface area contributed by atoms with E-state index < -0.39 is 12.1 Å². The molecule has 0 aliphatic rings. The van der Waals surface area contributed by atoms with Crippen LogP contribution in [0.2, 0.25) is 0 Å². The first-order valence-electron chi connectivity index (χ1n) is 3.44. The summed E-state index contributed by atoms with van der Waals surface area (Å²) in [5.74, 6) is -0.839. The summed E-state index contributed by atoms with van der Waals surface area (Å²) in [7, 11) is 0. The van der Waals surface area contributed by atoms with Gasteiger partial charge in [0.05, 0.1) is 0 Å². The van der Waals surface area contributed by atoms with E-state index in [4.69, 9.17) is 9.84 Å². The second kappa shape index (κ2) is 4.28. The van der Waals surface area contributed by atoms with Crippen molar-refractivity contribution >= 4 is 5.97 Å². The Hall–Kier alpha value is -0.570. The molecule has 0 radical (unpaired) electrons. The Morgan fingerprint density at radius 1 is 1.60 bits per heavy atom. The van der Waals surface area contributed by atoms with Gasteiger partial charge in [-0.25, -0.2) is 4.79 Å². The predicted molar refractivity (Wildman–Crippen MR) is 37.9 cm³/mol. The number of carbonyl (C=O) groups is 1. The molecule has 1 unspecified atom stereocenters. The van der Waals surface area contributed by atoms with E-state index >= 15 is 0 Å². The summed E-state index contributed by atoms with van der Waals surface area (Å²) in [6.07, 6.45) is -0.648. The molecule has 0 saturated carbocycles. The van der Waals surface area contributed by atoms with Gasteiger partial charge in [-0.1, -0.05) is 13.8 Å². The lowest BCUT2D eigenvalue weighted by Gasteiger charge is -2.15. The Bertz CT molecular complexity index is 109. The van der Waals surface area contributed by atoms with Crippen LogP contribution in [0.1, 0.15) is 20.8 Å². The van der Waals surface area contributed by atoms with Crippen molar-refractivity contribution in [2.75, 3.05) is 6.61 Å². The van der Waals surface area contributed by atoms with Crippen LogP contribution >= 0.6 is 0 Å². The van der Waals surface area contributed by atoms with Crippen molar-refractivity contribution < 1.29 is 14.6 Å². The molecule has 0 heterocycles. The van der Waals surface area contributed by atoms with Crippen LogP contribution in [0, 0.1) is 5.92 Å². The van der Waals surface area contributed by atoms with Crippen molar-refractivity contribution in [3.8, 4) is 0 Å². The number of hydrogen-bond acceptors (Lipinski definition) is 2. The highest BCUT2D eigenvalue weighted by atomic mass is 16.5. The molecule has 0 rings (SSSR count). The maximum absolute atomic E-state index is 10.4. The zero-order chi connectivity index (χ0) is 8.15. The highest BCUT2D eigenvalue weighted by Crippen LogP contribution is 2.05. The molecule has 0 saturated heterocycles. The number of aliphatic carboxylic acids is 1. The Morgan fingerprint density at radius 3 is 2.20 bits per heavy atom. The summed E-state index contributed by atoms with van der Waals surface area (Å²) >= 11 is 0. The van der Waals surface area contributed by atoms with Crippen LogP contribution in [-0.4, -0.2) is 23.8 Å². The third-order valence-electron chi connectivity index (χ3n) is 1.20. The normalized spacial score (nSPS) is 13.6. The van der Waals surface area contributed by atoms with Crippen molar-refractivity contribution in [1.82, 2.24) is 0 Å². The summed E-state index contributed by atoms with van der Waals surface area (Å²) in [4.78, 5) is 10.4. The lowest BCUT2D eigenvalue weighted by molar-refractivity contribution is -0.153. The Morgan fingerprint density at radius 2 is 2.10 bits per heavy atom. The third kappa shape index (κ3) is 2.82. The van der Waals surface area contributed by atoms with Gasteiger partial charge in [0, 0.05) is 6.61 Å². The molecule has 3 nitrogen and oxygen atoms in total. The standard InChI is InChI=1S/C7H14O3/c1-4-10-6(5(2)3)7(8)9/h5-6H,4H2,1-3H3,(H,8,9). The molecule has 0 aromatic rings. The summed E-state index contributed by atoms with van der Waals surface area (Å²) in [5, 5.41) is 8.55. The van der Waals surface area contributed by atoms with Crippen LogP contribution in [0.3, 0.4) is 0 Å². The number of rotatable bonds is 4. The first-order valence-corrected chi connectivity index (χ1v) is 3.44. The Labute approximate surface area is 61.0 Å². The largest absolute Gasteiger partial charge is 0.479 e. The van der Waals surface area contributed by atoms with Crippen molar-refractivity contribution in [1.29, 1.82) is 0 Å². The molecule has 0 amide bonds. The molecule has 0 aromatic heterocycles. The first kappa shape index (κ1) is 9.43. The summed E-state index contributed by atoms with van der Waals surface area (Å²) in [5.41, 5.74) is 0. The average molecular weight is 146 g/mol. The highest BCUT2D eigenvalue weighted by Gasteiger charge is 2.20. The number of carboxylic acids is 1. The predicted octanol–water partition coefficient (Wildman–Crippen LogP) is 1.13. The molecule has 1 N–H and O–H groups in total. The van der Waals surface area contributed by atoms with Crippen molar-refractivity contribution in [3.05, 3.63) is 0 Å². The SMILES string of the molecule is CCOC(C(=O)O)C(C)C. The fraction of sp³-hybridized carbons (Fsp3) is 0.857. The van der Waals surface area contributed by atoms with E-state index in [9.17, 15) is 4.79 Å². The second-order valence-electron chi connectivity index (χ2n) is 2.46. The maximum Gasteiger partial charge on any atom is 0.333 e. The fourth-order valence-corrected chi connectivity index (χ4v) is 0.728. The van der Waals surface area contributed by atoms with E-state index in [0.717, 1.165) is 0 Å². The Kier molecular flexibility index (Phi) is 4.03. The minimum atomic E-state index is -0.878. The lowest BCUT2D eigenvalue weighted by Crippen LogP contribution is -2.29. The van der Waals surface area contributed by atoms with E-state index in [2.05, 4.69) is 0 Å². The lowest BCUT2D eigenvalue weighted by atomic mass is 10.1. The molecule has 1 atom stereocenters. The van der Waals surface area contributed by atoms with Gasteiger partial charge in [-0.2, -0.15) is 0 Å². The van der Waals surface area contributed by atoms with Gasteiger partial charge in [0.2, 0.25) is 0 Å². The van der Waals surface area contributed by atoms with E-state index in [-0.39, 0.29) is 5.92 Å². The van der Waals surface area contributed by atoms with Gasteiger partial charge in [0.25, 0.3) is 0 Å².